The Balaban J connectivity index is 1.57. The van der Waals surface area contributed by atoms with Crippen molar-refractivity contribution in [3.05, 3.63) is 47.7 Å². The van der Waals surface area contributed by atoms with Gasteiger partial charge in [-0.25, -0.2) is 13.8 Å². The molecular weight excluding hydrogens is 426 g/mol. The molecule has 3 atom stereocenters. The molecule has 1 amide bonds. The number of anilines is 2. The number of hydrogen-bond acceptors (Lipinski definition) is 7. The number of halogens is 2. The van der Waals surface area contributed by atoms with Crippen molar-refractivity contribution >= 4 is 27.9 Å². The first-order valence-electron chi connectivity index (χ1n) is 9.70. The van der Waals surface area contributed by atoms with Crippen LogP contribution in [0.5, 0.6) is 0 Å². The zero-order valence-electron chi connectivity index (χ0n) is 16.7. The Morgan fingerprint density at radius 3 is 2.90 bits per heavy atom. The fourth-order valence-electron chi connectivity index (χ4n) is 3.51. The van der Waals surface area contributed by atoms with Gasteiger partial charge in [0, 0.05) is 18.7 Å². The van der Waals surface area contributed by atoms with Gasteiger partial charge >= 0.3 is 0 Å². The lowest BCUT2D eigenvalue weighted by Crippen LogP contribution is -2.32. The van der Waals surface area contributed by atoms with E-state index >= 15 is 0 Å². The van der Waals surface area contributed by atoms with Crippen molar-refractivity contribution in [3.63, 3.8) is 0 Å². The number of nitrogens with zero attached hydrogens (tertiary/aromatic N) is 3. The summed E-state index contributed by atoms with van der Waals surface area (Å²) in [6, 6.07) is 5.54. The SMILES string of the molecule is Cn1ncc(NC(=O)c2nc(-c3ccccc3F)sc2N)c1[C@@H]1CC[C@@H](N)[C@@H](F)CO1. The van der Waals surface area contributed by atoms with Crippen LogP contribution in [0.1, 0.15) is 35.1 Å². The standard InChI is InChI=1S/C20H22F2N6O2S/c1-28-17(15-7-6-13(23)12(22)9-30-15)14(8-25-28)26-19(29)16-18(24)31-20(27-16)10-4-2-3-5-11(10)21/h2-5,8,12-13,15H,6-7,9,23-24H2,1H3,(H,26,29)/t12-,13+,15-/m0/s1. The first-order chi connectivity index (χ1) is 14.8. The molecule has 0 aliphatic carbocycles. The maximum atomic E-state index is 14.1. The van der Waals surface area contributed by atoms with E-state index in [9.17, 15) is 13.6 Å². The Morgan fingerprint density at radius 2 is 2.13 bits per heavy atom. The summed E-state index contributed by atoms with van der Waals surface area (Å²) in [5.74, 6) is -1.01. The summed E-state index contributed by atoms with van der Waals surface area (Å²) >= 11 is 1.03. The van der Waals surface area contributed by atoms with Gasteiger partial charge in [-0.3, -0.25) is 9.48 Å². The number of aromatic nitrogens is 3. The quantitative estimate of drug-likeness (QED) is 0.564. The van der Waals surface area contributed by atoms with Crippen LogP contribution in [0.3, 0.4) is 0 Å². The fourth-order valence-corrected chi connectivity index (χ4v) is 4.36. The van der Waals surface area contributed by atoms with Crippen LogP contribution in [0, 0.1) is 5.82 Å². The number of aryl methyl sites for hydroxylation is 1. The van der Waals surface area contributed by atoms with Gasteiger partial charge in [-0.05, 0) is 25.0 Å². The number of rotatable bonds is 4. The molecule has 11 heteroatoms. The third-order valence-corrected chi connectivity index (χ3v) is 6.11. The highest BCUT2D eigenvalue weighted by atomic mass is 32.1. The molecule has 8 nitrogen and oxygen atoms in total. The molecule has 0 unspecified atom stereocenters. The molecule has 1 saturated heterocycles. The van der Waals surface area contributed by atoms with E-state index in [1.54, 1.807) is 29.9 Å². The van der Waals surface area contributed by atoms with Crippen LogP contribution >= 0.6 is 11.3 Å². The minimum Gasteiger partial charge on any atom is -0.389 e. The summed E-state index contributed by atoms with van der Waals surface area (Å²) in [6.45, 7) is -0.130. The van der Waals surface area contributed by atoms with Gasteiger partial charge in [-0.15, -0.1) is 0 Å². The third-order valence-electron chi connectivity index (χ3n) is 5.19. The van der Waals surface area contributed by atoms with Crippen molar-refractivity contribution in [2.24, 2.45) is 12.8 Å². The van der Waals surface area contributed by atoms with E-state index in [1.807, 2.05) is 0 Å². The molecule has 1 fully saturated rings. The Labute approximate surface area is 181 Å². The molecule has 164 valence electrons. The van der Waals surface area contributed by atoms with Crippen LogP contribution in [-0.2, 0) is 11.8 Å². The van der Waals surface area contributed by atoms with Crippen molar-refractivity contribution < 1.29 is 18.3 Å². The van der Waals surface area contributed by atoms with Crippen LogP contribution in [0.25, 0.3) is 10.6 Å². The van der Waals surface area contributed by atoms with E-state index in [0.717, 1.165) is 11.3 Å². The summed E-state index contributed by atoms with van der Waals surface area (Å²) < 4.78 is 35.2. The highest BCUT2D eigenvalue weighted by Gasteiger charge is 2.30. The second-order valence-corrected chi connectivity index (χ2v) is 8.34. The summed E-state index contributed by atoms with van der Waals surface area (Å²) in [5.41, 5.74) is 13.1. The summed E-state index contributed by atoms with van der Waals surface area (Å²) in [6.07, 6.45) is 0.684. The van der Waals surface area contributed by atoms with Crippen LogP contribution in [0.2, 0.25) is 0 Å². The molecule has 0 bridgehead atoms. The highest BCUT2D eigenvalue weighted by molar-refractivity contribution is 7.19. The second kappa shape index (κ2) is 8.69. The van der Waals surface area contributed by atoms with E-state index in [-0.39, 0.29) is 22.9 Å². The molecule has 0 saturated carbocycles. The average molecular weight is 448 g/mol. The first-order valence-corrected chi connectivity index (χ1v) is 10.5. The number of benzene rings is 1. The molecule has 0 radical (unpaired) electrons. The number of alkyl halides is 1. The van der Waals surface area contributed by atoms with E-state index in [1.165, 1.54) is 12.3 Å². The Kier molecular flexibility index (Phi) is 5.99. The topological polar surface area (TPSA) is 121 Å². The molecule has 31 heavy (non-hydrogen) atoms. The second-order valence-electron chi connectivity index (χ2n) is 7.31. The van der Waals surface area contributed by atoms with E-state index in [2.05, 4.69) is 15.4 Å². The number of carbonyl (C=O) groups excluding carboxylic acids is 1. The Bertz CT molecular complexity index is 1090. The largest absolute Gasteiger partial charge is 0.389 e. The van der Waals surface area contributed by atoms with E-state index in [0.29, 0.717) is 29.2 Å². The van der Waals surface area contributed by atoms with Crippen molar-refractivity contribution in [1.29, 1.82) is 0 Å². The van der Waals surface area contributed by atoms with Crippen LogP contribution in [-0.4, -0.2) is 39.5 Å². The molecular formula is C20H22F2N6O2S. The van der Waals surface area contributed by atoms with Crippen LogP contribution < -0.4 is 16.8 Å². The number of ether oxygens (including phenoxy) is 1. The number of hydrogen-bond donors (Lipinski definition) is 3. The molecule has 1 aliphatic rings. The number of carbonyl (C=O) groups is 1. The Morgan fingerprint density at radius 1 is 1.35 bits per heavy atom. The number of nitrogens with one attached hydrogen (secondary N) is 1. The highest BCUT2D eigenvalue weighted by Crippen LogP contribution is 2.34. The zero-order valence-corrected chi connectivity index (χ0v) is 17.5. The van der Waals surface area contributed by atoms with Gasteiger partial charge in [0.05, 0.1) is 24.2 Å². The van der Waals surface area contributed by atoms with Crippen molar-refractivity contribution in [1.82, 2.24) is 14.8 Å². The molecule has 5 N–H and O–H groups in total. The normalized spacial score (nSPS) is 21.6. The number of nitrogen functional groups attached to an aromatic ring is 1. The number of nitrogens with two attached hydrogens (primary N) is 2. The van der Waals surface area contributed by atoms with Gasteiger partial charge in [0.15, 0.2) is 5.69 Å². The van der Waals surface area contributed by atoms with Gasteiger partial charge < -0.3 is 21.5 Å². The average Bonchev–Trinajstić information content (AvgIpc) is 3.25. The number of thiazole rings is 1. The number of amides is 1. The monoisotopic (exact) mass is 448 g/mol. The summed E-state index contributed by atoms with van der Waals surface area (Å²) in [7, 11) is 1.71. The van der Waals surface area contributed by atoms with Gasteiger partial charge in [0.25, 0.3) is 5.91 Å². The van der Waals surface area contributed by atoms with E-state index < -0.39 is 30.0 Å². The third kappa shape index (κ3) is 4.29. The lowest BCUT2D eigenvalue weighted by atomic mass is 10.0. The summed E-state index contributed by atoms with van der Waals surface area (Å²) in [4.78, 5) is 17.1. The predicted molar refractivity (Wildman–Crippen MR) is 114 cm³/mol. The molecule has 3 aromatic rings. The van der Waals surface area contributed by atoms with Gasteiger partial charge in [-0.2, -0.15) is 5.10 Å². The van der Waals surface area contributed by atoms with Gasteiger partial charge in [0.2, 0.25) is 0 Å². The lowest BCUT2D eigenvalue weighted by Gasteiger charge is -2.17. The van der Waals surface area contributed by atoms with E-state index in [4.69, 9.17) is 16.2 Å². The molecule has 4 rings (SSSR count). The molecule has 1 aliphatic heterocycles. The predicted octanol–water partition coefficient (Wildman–Crippen LogP) is 3.03. The molecule has 3 heterocycles. The van der Waals surface area contributed by atoms with Gasteiger partial charge in [-0.1, -0.05) is 23.5 Å². The lowest BCUT2D eigenvalue weighted by molar-refractivity contribution is 0.0247. The molecule has 0 spiro atoms. The van der Waals surface area contributed by atoms with Crippen LogP contribution in [0.4, 0.5) is 19.5 Å². The Hall–Kier alpha value is -2.89. The smallest absolute Gasteiger partial charge is 0.277 e. The van der Waals surface area contributed by atoms with Crippen molar-refractivity contribution in [2.45, 2.75) is 31.2 Å². The fraction of sp³-hybridized carbons (Fsp3) is 0.350. The maximum Gasteiger partial charge on any atom is 0.277 e. The van der Waals surface area contributed by atoms with Crippen molar-refractivity contribution in [3.8, 4) is 10.6 Å². The minimum absolute atomic E-state index is 0.00862. The maximum absolute atomic E-state index is 14.1. The molecule has 1 aromatic carbocycles. The first kappa shape index (κ1) is 21.3. The minimum atomic E-state index is -1.25. The zero-order chi connectivity index (χ0) is 22.1. The summed E-state index contributed by atoms with van der Waals surface area (Å²) in [5, 5.41) is 7.42. The van der Waals surface area contributed by atoms with Crippen LogP contribution in [0.15, 0.2) is 30.5 Å². The van der Waals surface area contributed by atoms with Gasteiger partial charge in [0.1, 0.15) is 28.1 Å². The molecule has 2 aromatic heterocycles. The van der Waals surface area contributed by atoms with Crippen molar-refractivity contribution in [2.75, 3.05) is 17.7 Å².